The van der Waals surface area contributed by atoms with E-state index < -0.39 is 0 Å². The van der Waals surface area contributed by atoms with Gasteiger partial charge in [-0.2, -0.15) is 5.10 Å². The highest BCUT2D eigenvalue weighted by Gasteiger charge is 2.11. The molecule has 0 aliphatic heterocycles. The average molecular weight is 283 g/mol. The summed E-state index contributed by atoms with van der Waals surface area (Å²) >= 11 is 12.2. The molecule has 0 unspecified atom stereocenters. The predicted molar refractivity (Wildman–Crippen MR) is 76.5 cm³/mol. The van der Waals surface area contributed by atoms with Crippen LogP contribution in [0.3, 0.4) is 0 Å². The normalized spacial score (nSPS) is 10.9. The second-order valence-corrected chi connectivity index (χ2v) is 5.21. The number of rotatable bonds is 3. The van der Waals surface area contributed by atoms with Crippen molar-refractivity contribution in [2.45, 2.75) is 33.2 Å². The topological polar surface area (TPSA) is 17.8 Å². The first kappa shape index (κ1) is 13.4. The van der Waals surface area contributed by atoms with Crippen LogP contribution in [0.2, 0.25) is 5.02 Å². The Morgan fingerprint density at radius 1 is 1.22 bits per heavy atom. The lowest BCUT2D eigenvalue weighted by molar-refractivity contribution is 0.658. The zero-order valence-electron chi connectivity index (χ0n) is 10.8. The molecule has 1 heterocycles. The van der Waals surface area contributed by atoms with Gasteiger partial charge in [-0.25, -0.2) is 0 Å². The van der Waals surface area contributed by atoms with Gasteiger partial charge in [-0.1, -0.05) is 23.7 Å². The Kier molecular flexibility index (Phi) is 3.98. The molecule has 0 aliphatic carbocycles. The smallest absolute Gasteiger partial charge is 0.0677 e. The maximum atomic E-state index is 6.25. The van der Waals surface area contributed by atoms with Crippen LogP contribution < -0.4 is 0 Å². The fourth-order valence-electron chi connectivity index (χ4n) is 2.02. The summed E-state index contributed by atoms with van der Waals surface area (Å²) in [5.74, 6) is 0.499. The van der Waals surface area contributed by atoms with E-state index in [1.54, 1.807) is 0 Å². The first-order valence-corrected chi connectivity index (χ1v) is 6.78. The molecular formula is C14H16Cl2N2. The van der Waals surface area contributed by atoms with Crippen LogP contribution in [0.15, 0.2) is 18.2 Å². The highest BCUT2D eigenvalue weighted by Crippen LogP contribution is 2.21. The minimum Gasteiger partial charge on any atom is -0.265 e. The van der Waals surface area contributed by atoms with E-state index in [2.05, 4.69) is 17.2 Å². The number of nitrogens with zero attached hydrogens (tertiary/aromatic N) is 2. The molecule has 2 nitrogen and oxygen atoms in total. The molecule has 2 aromatic rings. The molecule has 0 fully saturated rings. The number of aromatic nitrogens is 2. The van der Waals surface area contributed by atoms with Crippen LogP contribution in [0.4, 0.5) is 0 Å². The summed E-state index contributed by atoms with van der Waals surface area (Å²) < 4.78 is 1.96. The third-order valence-electron chi connectivity index (χ3n) is 3.19. The van der Waals surface area contributed by atoms with Gasteiger partial charge < -0.3 is 0 Å². The summed E-state index contributed by atoms with van der Waals surface area (Å²) in [6.45, 7) is 6.74. The largest absolute Gasteiger partial charge is 0.265 e. The summed E-state index contributed by atoms with van der Waals surface area (Å²) in [7, 11) is 0. The van der Waals surface area contributed by atoms with Crippen molar-refractivity contribution in [2.75, 3.05) is 0 Å². The zero-order chi connectivity index (χ0) is 13.3. The van der Waals surface area contributed by atoms with E-state index in [9.17, 15) is 0 Å². The maximum absolute atomic E-state index is 6.25. The van der Waals surface area contributed by atoms with Gasteiger partial charge in [-0.05, 0) is 38.0 Å². The molecule has 0 saturated heterocycles. The Balaban J connectivity index is 2.34. The average Bonchev–Trinajstić information content (AvgIpc) is 2.58. The van der Waals surface area contributed by atoms with Gasteiger partial charge in [0.05, 0.1) is 18.1 Å². The molecule has 96 valence electrons. The van der Waals surface area contributed by atoms with Crippen molar-refractivity contribution in [1.29, 1.82) is 0 Å². The van der Waals surface area contributed by atoms with Gasteiger partial charge in [-0.15, -0.1) is 11.6 Å². The molecule has 0 spiro atoms. The van der Waals surface area contributed by atoms with Crippen molar-refractivity contribution < 1.29 is 0 Å². The summed E-state index contributed by atoms with van der Waals surface area (Å²) in [4.78, 5) is 0. The first-order chi connectivity index (χ1) is 8.52. The van der Waals surface area contributed by atoms with Crippen molar-refractivity contribution in [2.24, 2.45) is 0 Å². The standard InChI is InChI=1S/C14H16Cl2N2/c1-9-4-5-12(14(16)6-9)8-18-11(3)13(7-15)10(2)17-18/h4-6H,7-8H2,1-3H3. The van der Waals surface area contributed by atoms with Gasteiger partial charge in [-0.3, -0.25) is 4.68 Å². The number of halogens is 2. The van der Waals surface area contributed by atoms with Gasteiger partial charge in [0.1, 0.15) is 0 Å². The molecule has 0 aliphatic rings. The van der Waals surface area contributed by atoms with Crippen molar-refractivity contribution >= 4 is 23.2 Å². The van der Waals surface area contributed by atoms with Gasteiger partial charge in [0, 0.05) is 16.3 Å². The summed E-state index contributed by atoms with van der Waals surface area (Å²) in [6.07, 6.45) is 0. The molecule has 0 N–H and O–H groups in total. The summed E-state index contributed by atoms with van der Waals surface area (Å²) in [5.41, 5.74) is 5.46. The molecule has 0 saturated carbocycles. The van der Waals surface area contributed by atoms with Crippen molar-refractivity contribution in [3.05, 3.63) is 51.3 Å². The van der Waals surface area contributed by atoms with Crippen LogP contribution in [0, 0.1) is 20.8 Å². The van der Waals surface area contributed by atoms with Crippen molar-refractivity contribution in [3.8, 4) is 0 Å². The molecule has 1 aromatic heterocycles. The van der Waals surface area contributed by atoms with Crippen LogP contribution in [0.25, 0.3) is 0 Å². The number of hydrogen-bond donors (Lipinski definition) is 0. The lowest BCUT2D eigenvalue weighted by Crippen LogP contribution is -2.05. The number of aryl methyl sites for hydroxylation is 2. The van der Waals surface area contributed by atoms with Crippen LogP contribution in [0.1, 0.15) is 28.1 Å². The highest BCUT2D eigenvalue weighted by molar-refractivity contribution is 6.31. The van der Waals surface area contributed by atoms with Crippen LogP contribution in [-0.4, -0.2) is 9.78 Å². The minimum atomic E-state index is 0.499. The van der Waals surface area contributed by atoms with E-state index in [1.807, 2.05) is 31.5 Å². The first-order valence-electron chi connectivity index (χ1n) is 5.86. The SMILES string of the molecule is Cc1ccc(Cn2nc(C)c(CCl)c2C)c(Cl)c1. The van der Waals surface area contributed by atoms with Crippen molar-refractivity contribution in [1.82, 2.24) is 9.78 Å². The highest BCUT2D eigenvalue weighted by atomic mass is 35.5. The van der Waals surface area contributed by atoms with Crippen molar-refractivity contribution in [3.63, 3.8) is 0 Å². The minimum absolute atomic E-state index is 0.499. The quantitative estimate of drug-likeness (QED) is 0.770. The van der Waals surface area contributed by atoms with E-state index >= 15 is 0 Å². The van der Waals surface area contributed by atoms with Gasteiger partial charge in [0.25, 0.3) is 0 Å². The molecule has 1 aromatic carbocycles. The molecule has 0 atom stereocenters. The lowest BCUT2D eigenvalue weighted by Gasteiger charge is -2.08. The molecular weight excluding hydrogens is 267 g/mol. The Hall–Kier alpha value is -0.990. The lowest BCUT2D eigenvalue weighted by atomic mass is 10.1. The van der Waals surface area contributed by atoms with Gasteiger partial charge in [0.2, 0.25) is 0 Å². The Labute approximate surface area is 118 Å². The Morgan fingerprint density at radius 2 is 1.94 bits per heavy atom. The van der Waals surface area contributed by atoms with E-state index in [0.29, 0.717) is 12.4 Å². The molecule has 4 heteroatoms. The van der Waals surface area contributed by atoms with E-state index in [0.717, 1.165) is 27.5 Å². The monoisotopic (exact) mass is 282 g/mol. The molecule has 2 rings (SSSR count). The number of benzene rings is 1. The van der Waals surface area contributed by atoms with E-state index in [-0.39, 0.29) is 0 Å². The van der Waals surface area contributed by atoms with E-state index in [1.165, 1.54) is 5.56 Å². The predicted octanol–water partition coefficient (Wildman–Crippen LogP) is 4.25. The fourth-order valence-corrected chi connectivity index (χ4v) is 2.70. The van der Waals surface area contributed by atoms with Gasteiger partial charge >= 0.3 is 0 Å². The Bertz CT molecular complexity index is 573. The zero-order valence-corrected chi connectivity index (χ0v) is 12.3. The number of hydrogen-bond acceptors (Lipinski definition) is 1. The third-order valence-corrected chi connectivity index (χ3v) is 3.81. The van der Waals surface area contributed by atoms with Crippen LogP contribution >= 0.6 is 23.2 Å². The second kappa shape index (κ2) is 5.33. The maximum Gasteiger partial charge on any atom is 0.0677 e. The molecule has 0 bridgehead atoms. The number of alkyl halides is 1. The second-order valence-electron chi connectivity index (χ2n) is 4.54. The fraction of sp³-hybridized carbons (Fsp3) is 0.357. The van der Waals surface area contributed by atoms with E-state index in [4.69, 9.17) is 23.2 Å². The van der Waals surface area contributed by atoms with Crippen LogP contribution in [0.5, 0.6) is 0 Å². The summed E-state index contributed by atoms with van der Waals surface area (Å²) in [5, 5.41) is 5.30. The summed E-state index contributed by atoms with van der Waals surface area (Å²) in [6, 6.07) is 6.09. The van der Waals surface area contributed by atoms with Gasteiger partial charge in [0.15, 0.2) is 0 Å². The van der Waals surface area contributed by atoms with Crippen LogP contribution in [-0.2, 0) is 12.4 Å². The molecule has 0 amide bonds. The molecule has 18 heavy (non-hydrogen) atoms. The molecule has 0 radical (unpaired) electrons. The Morgan fingerprint density at radius 3 is 2.50 bits per heavy atom. The third kappa shape index (κ3) is 2.55.